The zero-order valence-electron chi connectivity index (χ0n) is 15.2. The molecule has 2 N–H and O–H groups in total. The van der Waals surface area contributed by atoms with Crippen molar-refractivity contribution in [1.82, 2.24) is 0 Å². The molecule has 1 amide bonds. The van der Waals surface area contributed by atoms with Crippen LogP contribution in [0.25, 0.3) is 0 Å². The number of halogens is 2. The molecule has 1 spiro atoms. The Morgan fingerprint density at radius 3 is 2.48 bits per heavy atom. The number of amides is 1. The van der Waals surface area contributed by atoms with Gasteiger partial charge in [0.15, 0.2) is 5.82 Å². The van der Waals surface area contributed by atoms with Gasteiger partial charge in [-0.3, -0.25) is 4.79 Å². The van der Waals surface area contributed by atoms with Gasteiger partial charge >= 0.3 is 5.97 Å². The van der Waals surface area contributed by atoms with Crippen molar-refractivity contribution in [2.45, 2.75) is 31.6 Å². The monoisotopic (exact) mass is 422 g/mol. The number of carboxylic acids is 1. The Morgan fingerprint density at radius 2 is 1.93 bits per heavy atom. The fraction of sp³-hybridized carbons (Fsp3) is 0.263. The van der Waals surface area contributed by atoms with Crippen LogP contribution in [0, 0.1) is 18.6 Å². The molecule has 2 aromatic rings. The largest absolute Gasteiger partial charge is 0.478 e. The first-order valence-corrected chi connectivity index (χ1v) is 9.92. The first-order valence-electron chi connectivity index (χ1n) is 8.79. The molecule has 10 heteroatoms. The van der Waals surface area contributed by atoms with Crippen molar-refractivity contribution in [3.05, 3.63) is 52.6 Å². The highest BCUT2D eigenvalue weighted by atomic mass is 32.2. The topological polar surface area (TPSA) is 104 Å². The van der Waals surface area contributed by atoms with Gasteiger partial charge in [-0.15, -0.1) is 0 Å². The summed E-state index contributed by atoms with van der Waals surface area (Å²) in [6.07, 6.45) is 1.77. The number of nitrogens with zero attached hydrogens (tertiary/aromatic N) is 1. The van der Waals surface area contributed by atoms with Gasteiger partial charge in [0.25, 0.3) is 0 Å². The Hall–Kier alpha value is -3.01. The van der Waals surface area contributed by atoms with Crippen LogP contribution in [0.15, 0.2) is 24.3 Å². The normalized spacial score (nSPS) is 16.5. The molecule has 0 saturated heterocycles. The van der Waals surface area contributed by atoms with Gasteiger partial charge < -0.3 is 10.4 Å². The number of nitrogens with one attached hydrogen (secondary N) is 1. The quantitative estimate of drug-likeness (QED) is 0.658. The Morgan fingerprint density at radius 1 is 1.24 bits per heavy atom. The van der Waals surface area contributed by atoms with E-state index in [0.29, 0.717) is 22.7 Å². The molecule has 1 fully saturated rings. The van der Waals surface area contributed by atoms with E-state index < -0.39 is 39.6 Å². The number of aromatic carboxylic acids is 1. The molecule has 2 aliphatic rings. The Labute approximate surface area is 166 Å². The summed E-state index contributed by atoms with van der Waals surface area (Å²) in [4.78, 5) is 24.3. The Bertz CT molecular complexity index is 1150. The van der Waals surface area contributed by atoms with Gasteiger partial charge in [0.2, 0.25) is 16.8 Å². The van der Waals surface area contributed by atoms with Gasteiger partial charge in [0.05, 0.1) is 28.0 Å². The maximum atomic E-state index is 14.7. The summed E-state index contributed by atoms with van der Waals surface area (Å²) >= 11 is 0. The van der Waals surface area contributed by atoms with E-state index in [1.165, 1.54) is 13.0 Å². The summed E-state index contributed by atoms with van der Waals surface area (Å²) in [6, 6.07) is 4.35. The molecule has 0 bridgehead atoms. The maximum Gasteiger partial charge on any atom is 0.337 e. The smallest absolute Gasteiger partial charge is 0.337 e. The number of carbonyl (C=O) groups is 2. The minimum Gasteiger partial charge on any atom is -0.478 e. The van der Waals surface area contributed by atoms with Crippen LogP contribution in [0.2, 0.25) is 0 Å². The van der Waals surface area contributed by atoms with Crippen molar-refractivity contribution < 1.29 is 31.9 Å². The van der Waals surface area contributed by atoms with Gasteiger partial charge in [-0.05, 0) is 49.6 Å². The number of carbonyl (C=O) groups excluding carboxylic acids is 1. The first kappa shape index (κ1) is 19.3. The van der Waals surface area contributed by atoms with Gasteiger partial charge in [-0.25, -0.2) is 26.3 Å². The summed E-state index contributed by atoms with van der Waals surface area (Å²) in [5.41, 5.74) is -1.63. The fourth-order valence-corrected chi connectivity index (χ4v) is 4.58. The van der Waals surface area contributed by atoms with E-state index in [4.69, 9.17) is 0 Å². The van der Waals surface area contributed by atoms with E-state index in [2.05, 4.69) is 5.32 Å². The minimum atomic E-state index is -3.45. The molecule has 0 aromatic heterocycles. The van der Waals surface area contributed by atoms with Gasteiger partial charge in [0, 0.05) is 5.56 Å². The van der Waals surface area contributed by atoms with Crippen LogP contribution in [0.3, 0.4) is 0 Å². The number of benzene rings is 2. The molecule has 152 valence electrons. The second-order valence-corrected chi connectivity index (χ2v) is 8.04. The minimum absolute atomic E-state index is 0.128. The van der Waals surface area contributed by atoms with Gasteiger partial charge in [-0.2, -0.15) is 0 Å². The van der Waals surface area contributed by atoms with E-state index in [1.807, 2.05) is 0 Å². The molecule has 1 aliphatic carbocycles. The van der Waals surface area contributed by atoms with Crippen LogP contribution in [0.5, 0.6) is 0 Å². The van der Waals surface area contributed by atoms with Crippen molar-refractivity contribution >= 4 is 39.8 Å². The molecule has 0 unspecified atom stereocenters. The Balaban J connectivity index is 1.97. The van der Waals surface area contributed by atoms with Crippen LogP contribution < -0.4 is 9.62 Å². The van der Waals surface area contributed by atoms with Crippen molar-refractivity contribution in [3.63, 3.8) is 0 Å². The zero-order chi connectivity index (χ0) is 21.1. The number of hydrogen-bond donors (Lipinski definition) is 3. The van der Waals surface area contributed by atoms with Gasteiger partial charge in [-0.1, -0.05) is 6.42 Å². The van der Waals surface area contributed by atoms with Crippen LogP contribution in [-0.2, 0) is 21.1 Å². The van der Waals surface area contributed by atoms with E-state index >= 15 is 0 Å². The second-order valence-electron chi connectivity index (χ2n) is 7.17. The number of anilines is 3. The van der Waals surface area contributed by atoms with E-state index in [0.717, 1.165) is 24.6 Å². The summed E-state index contributed by atoms with van der Waals surface area (Å²) in [5.74, 6) is -3.61. The third-order valence-electron chi connectivity index (χ3n) is 5.69. The van der Waals surface area contributed by atoms with Crippen LogP contribution in [0.1, 0.15) is 40.7 Å². The molecule has 1 aliphatic heterocycles. The predicted molar refractivity (Wildman–Crippen MR) is 101 cm³/mol. The van der Waals surface area contributed by atoms with Crippen molar-refractivity contribution in [2.75, 3.05) is 9.62 Å². The number of hydrogen-bond acceptors (Lipinski definition) is 4. The van der Waals surface area contributed by atoms with E-state index in [9.17, 15) is 31.9 Å². The van der Waals surface area contributed by atoms with Crippen molar-refractivity contribution in [3.8, 4) is 0 Å². The number of fused-ring (bicyclic) bond motifs is 2. The van der Waals surface area contributed by atoms with Crippen molar-refractivity contribution in [2.24, 2.45) is 0 Å². The number of thiol groups is 1. The predicted octanol–water partition coefficient (Wildman–Crippen LogP) is 3.01. The lowest BCUT2D eigenvalue weighted by Gasteiger charge is -2.36. The lowest BCUT2D eigenvalue weighted by atomic mass is 9.65. The zero-order valence-corrected chi connectivity index (χ0v) is 16.1. The van der Waals surface area contributed by atoms with Gasteiger partial charge in [0.1, 0.15) is 5.82 Å². The average molecular weight is 422 g/mol. The van der Waals surface area contributed by atoms with E-state index in [-0.39, 0.29) is 28.4 Å². The standard InChI is InChI=1S/C19H16F2N2O5S/c1-9-13(20)3-4-14(15(9)21)23(29(27)28)10-7-11(17(24)25)16-12(8-10)19(5-2-6-19)18(26)22-16/h3-4,7-8,29H,2,5-6H2,1H3,(H,22,26)(H,24,25). The van der Waals surface area contributed by atoms with Crippen LogP contribution >= 0.6 is 0 Å². The fourth-order valence-electron chi connectivity index (χ4n) is 3.94. The molecule has 1 saturated carbocycles. The lowest BCUT2D eigenvalue weighted by Crippen LogP contribution is -2.40. The SMILES string of the molecule is Cc1c(F)ccc(N(c2cc(C(=O)O)c3c(c2)C2(CCC2)C(=O)N3)[SH](=O)=O)c1F. The second kappa shape index (κ2) is 6.51. The summed E-state index contributed by atoms with van der Waals surface area (Å²) in [7, 11) is -3.45. The maximum absolute atomic E-state index is 14.7. The molecule has 4 rings (SSSR count). The molecular weight excluding hydrogens is 406 g/mol. The third kappa shape index (κ3) is 2.70. The summed E-state index contributed by atoms with van der Waals surface area (Å²) < 4.78 is 52.9. The molecule has 29 heavy (non-hydrogen) atoms. The van der Waals surface area contributed by atoms with Crippen LogP contribution in [0.4, 0.5) is 25.8 Å². The molecule has 2 aromatic carbocycles. The highest BCUT2D eigenvalue weighted by Gasteiger charge is 2.52. The number of rotatable bonds is 4. The van der Waals surface area contributed by atoms with E-state index in [1.54, 1.807) is 0 Å². The Kier molecular flexibility index (Phi) is 4.34. The summed E-state index contributed by atoms with van der Waals surface area (Å²) in [6.45, 7) is 1.17. The highest BCUT2D eigenvalue weighted by Crippen LogP contribution is 2.53. The molecule has 7 nitrogen and oxygen atoms in total. The summed E-state index contributed by atoms with van der Waals surface area (Å²) in [5, 5.41) is 12.2. The highest BCUT2D eigenvalue weighted by molar-refractivity contribution is 7.74. The molecule has 1 heterocycles. The lowest BCUT2D eigenvalue weighted by molar-refractivity contribution is -0.123. The molecule has 0 atom stereocenters. The average Bonchev–Trinajstić information content (AvgIpc) is 2.92. The first-order chi connectivity index (χ1) is 13.7. The van der Waals surface area contributed by atoms with Crippen LogP contribution in [-0.4, -0.2) is 25.4 Å². The molecular formula is C19H16F2N2O5S. The van der Waals surface area contributed by atoms with Crippen molar-refractivity contribution in [1.29, 1.82) is 0 Å². The number of carboxylic acid groups (broad SMARTS) is 1. The third-order valence-corrected chi connectivity index (χ3v) is 6.46. The molecule has 0 radical (unpaired) electrons.